The molecule has 0 unspecified atom stereocenters. The highest BCUT2D eigenvalue weighted by Crippen LogP contribution is 2.42. The first-order valence-electron chi connectivity index (χ1n) is 9.52. The van der Waals surface area contributed by atoms with Crippen LogP contribution in [-0.2, 0) is 19.5 Å². The summed E-state index contributed by atoms with van der Waals surface area (Å²) in [6, 6.07) is 16.0. The molecule has 29 heavy (non-hydrogen) atoms. The van der Waals surface area contributed by atoms with Crippen LogP contribution >= 0.6 is 34.5 Å². The number of anilines is 1. The molecule has 2 N–H and O–H groups in total. The van der Waals surface area contributed by atoms with Gasteiger partial charge in [-0.15, -0.1) is 11.3 Å². The average molecular weight is 444 g/mol. The Kier molecular flexibility index (Phi) is 5.00. The first-order chi connectivity index (χ1) is 14.1. The van der Waals surface area contributed by atoms with E-state index in [0.29, 0.717) is 10.0 Å². The number of carbonyl (C=O) groups is 1. The van der Waals surface area contributed by atoms with Gasteiger partial charge in [-0.2, -0.15) is 0 Å². The minimum absolute atomic E-state index is 0.0474. The number of thiophene rings is 1. The van der Waals surface area contributed by atoms with Crippen LogP contribution in [0.2, 0.25) is 10.0 Å². The lowest BCUT2D eigenvalue weighted by Gasteiger charge is -2.29. The van der Waals surface area contributed by atoms with E-state index in [1.54, 1.807) is 17.4 Å². The maximum atomic E-state index is 12.9. The zero-order valence-electron chi connectivity index (χ0n) is 15.5. The summed E-state index contributed by atoms with van der Waals surface area (Å²) < 4.78 is 0. The Morgan fingerprint density at radius 2 is 1.90 bits per heavy atom. The third-order valence-corrected chi connectivity index (χ3v) is 7.44. The third kappa shape index (κ3) is 3.53. The number of carbonyl (C=O) groups excluding carboxylic acids is 1. The van der Waals surface area contributed by atoms with Gasteiger partial charge >= 0.3 is 0 Å². The normalized spacial score (nSPS) is 18.6. The number of hydrogen-bond acceptors (Lipinski definition) is 4. The van der Waals surface area contributed by atoms with Gasteiger partial charge in [0.1, 0.15) is 11.2 Å². The lowest BCUT2D eigenvalue weighted by atomic mass is 10.00. The van der Waals surface area contributed by atoms with Gasteiger partial charge in [0, 0.05) is 30.1 Å². The molecule has 0 radical (unpaired) electrons. The van der Waals surface area contributed by atoms with Gasteiger partial charge in [-0.3, -0.25) is 9.69 Å². The molecule has 2 aliphatic heterocycles. The highest BCUT2D eigenvalue weighted by molar-refractivity contribution is 7.16. The summed E-state index contributed by atoms with van der Waals surface area (Å²) in [6.07, 6.45) is 0.493. The molecule has 4 nitrogen and oxygen atoms in total. The molecule has 2 aromatic carbocycles. The van der Waals surface area contributed by atoms with Crippen molar-refractivity contribution in [1.29, 1.82) is 0 Å². The Bertz CT molecular complexity index is 1080. The monoisotopic (exact) mass is 443 g/mol. The molecule has 2 aliphatic rings. The topological polar surface area (TPSA) is 44.4 Å². The molecular weight excluding hydrogens is 425 g/mol. The molecule has 1 aromatic heterocycles. The van der Waals surface area contributed by atoms with Gasteiger partial charge in [0.25, 0.3) is 5.91 Å². The Morgan fingerprint density at radius 1 is 1.07 bits per heavy atom. The maximum absolute atomic E-state index is 12.9. The van der Waals surface area contributed by atoms with Gasteiger partial charge in [0.15, 0.2) is 0 Å². The van der Waals surface area contributed by atoms with Crippen LogP contribution in [0.25, 0.3) is 0 Å². The Labute approximate surface area is 183 Å². The van der Waals surface area contributed by atoms with Crippen LogP contribution in [0.1, 0.15) is 38.1 Å². The van der Waals surface area contributed by atoms with Crippen LogP contribution in [0.4, 0.5) is 5.00 Å². The fraction of sp³-hybridized carbons (Fsp3) is 0.227. The summed E-state index contributed by atoms with van der Waals surface area (Å²) in [5, 5.41) is 8.36. The molecule has 1 amide bonds. The van der Waals surface area contributed by atoms with Crippen LogP contribution in [0.3, 0.4) is 0 Å². The van der Waals surface area contributed by atoms with Crippen molar-refractivity contribution in [1.82, 2.24) is 10.2 Å². The Morgan fingerprint density at radius 3 is 2.72 bits per heavy atom. The second kappa shape index (κ2) is 7.65. The molecule has 1 atom stereocenters. The van der Waals surface area contributed by atoms with Crippen LogP contribution in [-0.4, -0.2) is 17.4 Å². The van der Waals surface area contributed by atoms with Crippen LogP contribution < -0.4 is 10.6 Å². The minimum Gasteiger partial charge on any atom is -0.353 e. The smallest absolute Gasteiger partial charge is 0.256 e. The number of benzene rings is 2. The molecule has 0 fully saturated rings. The van der Waals surface area contributed by atoms with E-state index in [-0.39, 0.29) is 12.1 Å². The molecule has 0 saturated carbocycles. The summed E-state index contributed by atoms with van der Waals surface area (Å²) in [5.41, 5.74) is 4.05. The summed E-state index contributed by atoms with van der Waals surface area (Å²) in [5.74, 6) is -0.0474. The van der Waals surface area contributed by atoms with E-state index in [0.717, 1.165) is 42.2 Å². The van der Waals surface area contributed by atoms with E-state index in [2.05, 4.69) is 39.8 Å². The zero-order valence-corrected chi connectivity index (χ0v) is 17.9. The van der Waals surface area contributed by atoms with Gasteiger partial charge in [-0.25, -0.2) is 0 Å². The molecule has 0 spiro atoms. The maximum Gasteiger partial charge on any atom is 0.256 e. The van der Waals surface area contributed by atoms with Gasteiger partial charge in [-0.1, -0.05) is 65.7 Å². The molecule has 0 aliphatic carbocycles. The van der Waals surface area contributed by atoms with E-state index in [1.807, 2.05) is 18.2 Å². The quantitative estimate of drug-likeness (QED) is 0.563. The van der Waals surface area contributed by atoms with E-state index in [9.17, 15) is 4.79 Å². The number of amides is 1. The number of nitrogens with zero attached hydrogens (tertiary/aromatic N) is 1. The first kappa shape index (κ1) is 18.9. The molecule has 3 heterocycles. The van der Waals surface area contributed by atoms with Gasteiger partial charge in [0.2, 0.25) is 0 Å². The molecule has 0 saturated heterocycles. The number of nitrogens with one attached hydrogen (secondary N) is 2. The lowest BCUT2D eigenvalue weighted by molar-refractivity contribution is 0.0934. The fourth-order valence-corrected chi connectivity index (χ4v) is 5.78. The second-order valence-corrected chi connectivity index (χ2v) is 9.24. The molecule has 3 aromatic rings. The summed E-state index contributed by atoms with van der Waals surface area (Å²) in [6.45, 7) is 2.73. The molecule has 5 rings (SSSR count). The number of hydrogen-bond donors (Lipinski definition) is 2. The van der Waals surface area contributed by atoms with Crippen molar-refractivity contribution in [2.24, 2.45) is 0 Å². The molecule has 0 bridgehead atoms. The van der Waals surface area contributed by atoms with E-state index in [4.69, 9.17) is 23.2 Å². The van der Waals surface area contributed by atoms with Crippen LogP contribution in [0, 0.1) is 0 Å². The van der Waals surface area contributed by atoms with Gasteiger partial charge in [-0.05, 0) is 23.6 Å². The number of halogens is 2. The third-order valence-electron chi connectivity index (χ3n) is 5.46. The van der Waals surface area contributed by atoms with Crippen molar-refractivity contribution < 1.29 is 4.79 Å². The first-order valence-corrected chi connectivity index (χ1v) is 11.1. The number of fused-ring (bicyclic) bond motifs is 3. The highest BCUT2D eigenvalue weighted by Gasteiger charge is 2.34. The molecule has 7 heteroatoms. The predicted molar refractivity (Wildman–Crippen MR) is 119 cm³/mol. The van der Waals surface area contributed by atoms with Crippen molar-refractivity contribution in [2.45, 2.75) is 25.7 Å². The van der Waals surface area contributed by atoms with Crippen LogP contribution in [0.5, 0.6) is 0 Å². The fourth-order valence-electron chi connectivity index (χ4n) is 4.04. The van der Waals surface area contributed by atoms with Crippen molar-refractivity contribution in [3.8, 4) is 0 Å². The molecular formula is C22H19Cl2N3OS. The standard InChI is InChI=1S/C22H19Cl2N3OS/c23-16-8-4-7-15(19(16)24)20-25-21(28)18-14-9-10-27(11-13-5-2-1-3-6-13)12-17(14)29-22(18)26-20/h1-8,20,26H,9-12H2,(H,25,28)/t20-/m0/s1. The van der Waals surface area contributed by atoms with E-state index < -0.39 is 0 Å². The van der Waals surface area contributed by atoms with Crippen molar-refractivity contribution >= 4 is 45.4 Å². The highest BCUT2D eigenvalue weighted by atomic mass is 35.5. The van der Waals surface area contributed by atoms with Crippen LogP contribution in [0.15, 0.2) is 48.5 Å². The number of rotatable bonds is 3. The Balaban J connectivity index is 1.40. The minimum atomic E-state index is -0.387. The molecule has 148 valence electrons. The second-order valence-electron chi connectivity index (χ2n) is 7.35. The van der Waals surface area contributed by atoms with Gasteiger partial charge < -0.3 is 10.6 Å². The van der Waals surface area contributed by atoms with E-state index >= 15 is 0 Å². The van der Waals surface area contributed by atoms with E-state index in [1.165, 1.54) is 16.0 Å². The largest absolute Gasteiger partial charge is 0.353 e. The summed E-state index contributed by atoms with van der Waals surface area (Å²) in [4.78, 5) is 16.6. The van der Waals surface area contributed by atoms with Gasteiger partial charge in [0.05, 0.1) is 15.6 Å². The van der Waals surface area contributed by atoms with Crippen molar-refractivity contribution in [2.75, 3.05) is 11.9 Å². The predicted octanol–water partition coefficient (Wildman–Crippen LogP) is 5.47. The zero-order chi connectivity index (χ0) is 20.0. The summed E-state index contributed by atoms with van der Waals surface area (Å²) >= 11 is 14.2. The summed E-state index contributed by atoms with van der Waals surface area (Å²) in [7, 11) is 0. The average Bonchev–Trinajstić information content (AvgIpc) is 3.09. The van der Waals surface area contributed by atoms with Crippen molar-refractivity contribution in [3.05, 3.63) is 85.7 Å². The lowest BCUT2D eigenvalue weighted by Crippen LogP contribution is -2.39. The SMILES string of the molecule is O=C1N[C@H](c2cccc(Cl)c2Cl)Nc2sc3c(c21)CCN(Cc1ccccc1)C3. The van der Waals surface area contributed by atoms with Crippen molar-refractivity contribution in [3.63, 3.8) is 0 Å². The Hall–Kier alpha value is -2.05.